The molecule has 2 aromatic carbocycles. The number of hydrogen-bond acceptors (Lipinski definition) is 1. The summed E-state index contributed by atoms with van der Waals surface area (Å²) in [6.07, 6.45) is 1.66. The van der Waals surface area contributed by atoms with Gasteiger partial charge >= 0.3 is 0 Å². The average molecular weight is 401 g/mol. The van der Waals surface area contributed by atoms with Crippen LogP contribution >= 0.6 is 31.9 Å². The highest BCUT2D eigenvalue weighted by Crippen LogP contribution is 2.22. The van der Waals surface area contributed by atoms with E-state index in [0.717, 1.165) is 27.4 Å². The Morgan fingerprint density at radius 2 is 1.65 bits per heavy atom. The van der Waals surface area contributed by atoms with E-state index in [2.05, 4.69) is 43.2 Å². The van der Waals surface area contributed by atoms with Crippen molar-refractivity contribution in [2.75, 3.05) is 7.05 Å². The van der Waals surface area contributed by atoms with Crippen molar-refractivity contribution < 1.29 is 4.39 Å². The van der Waals surface area contributed by atoms with Gasteiger partial charge in [-0.25, -0.2) is 4.39 Å². The van der Waals surface area contributed by atoms with Gasteiger partial charge in [-0.3, -0.25) is 0 Å². The van der Waals surface area contributed by atoms with Crippen molar-refractivity contribution in [3.63, 3.8) is 0 Å². The highest BCUT2D eigenvalue weighted by molar-refractivity contribution is 9.10. The van der Waals surface area contributed by atoms with Gasteiger partial charge in [-0.05, 0) is 55.3 Å². The van der Waals surface area contributed by atoms with Crippen molar-refractivity contribution in [3.05, 3.63) is 68.4 Å². The van der Waals surface area contributed by atoms with Crippen LogP contribution in [0.2, 0.25) is 0 Å². The summed E-state index contributed by atoms with van der Waals surface area (Å²) in [5, 5.41) is 3.31. The third-order valence-corrected chi connectivity index (χ3v) is 4.85. The Hall–Kier alpha value is -0.710. The molecule has 0 saturated carbocycles. The van der Waals surface area contributed by atoms with Crippen molar-refractivity contribution in [1.82, 2.24) is 5.32 Å². The Morgan fingerprint density at radius 3 is 2.35 bits per heavy atom. The van der Waals surface area contributed by atoms with Crippen LogP contribution in [0, 0.1) is 5.82 Å². The monoisotopic (exact) mass is 399 g/mol. The van der Waals surface area contributed by atoms with Crippen molar-refractivity contribution in [2.45, 2.75) is 18.9 Å². The molecule has 1 atom stereocenters. The van der Waals surface area contributed by atoms with E-state index in [1.54, 1.807) is 12.1 Å². The molecule has 0 saturated heterocycles. The number of benzene rings is 2. The molecular formula is C16H16Br2FN. The molecule has 0 aromatic heterocycles. The van der Waals surface area contributed by atoms with E-state index in [0.29, 0.717) is 0 Å². The van der Waals surface area contributed by atoms with Crippen molar-refractivity contribution in [3.8, 4) is 0 Å². The fourth-order valence-electron chi connectivity index (χ4n) is 2.17. The van der Waals surface area contributed by atoms with Crippen molar-refractivity contribution in [1.29, 1.82) is 0 Å². The Balaban J connectivity index is 2.13. The molecule has 0 aliphatic heterocycles. The Labute approximate surface area is 135 Å². The second-order valence-electron chi connectivity index (χ2n) is 4.72. The largest absolute Gasteiger partial charge is 0.316 e. The van der Waals surface area contributed by atoms with Crippen LogP contribution < -0.4 is 5.32 Å². The minimum atomic E-state index is -0.195. The van der Waals surface area contributed by atoms with Crippen LogP contribution in [-0.4, -0.2) is 13.1 Å². The number of nitrogens with one attached hydrogen (secondary N) is 1. The van der Waals surface area contributed by atoms with E-state index in [1.807, 2.05) is 25.2 Å². The van der Waals surface area contributed by atoms with E-state index in [9.17, 15) is 4.39 Å². The van der Waals surface area contributed by atoms with Gasteiger partial charge in [0.25, 0.3) is 0 Å². The van der Waals surface area contributed by atoms with Crippen LogP contribution in [0.5, 0.6) is 0 Å². The number of rotatable bonds is 5. The fraction of sp³-hybridized carbons (Fsp3) is 0.250. The van der Waals surface area contributed by atoms with Gasteiger partial charge in [-0.15, -0.1) is 0 Å². The molecule has 0 aliphatic rings. The van der Waals surface area contributed by atoms with Crippen LogP contribution in [0.15, 0.2) is 51.4 Å². The van der Waals surface area contributed by atoms with Crippen LogP contribution in [0.1, 0.15) is 11.1 Å². The molecule has 0 spiro atoms. The van der Waals surface area contributed by atoms with Gasteiger partial charge in [0, 0.05) is 15.0 Å². The quantitative estimate of drug-likeness (QED) is 0.765. The molecule has 4 heteroatoms. The van der Waals surface area contributed by atoms with Crippen LogP contribution in [0.4, 0.5) is 4.39 Å². The number of likely N-dealkylation sites (N-methyl/N-ethyl adjacent to an activating group) is 1. The second-order valence-corrected chi connectivity index (χ2v) is 6.43. The summed E-state index contributed by atoms with van der Waals surface area (Å²) in [4.78, 5) is 0. The Morgan fingerprint density at radius 1 is 1.00 bits per heavy atom. The predicted octanol–water partition coefficient (Wildman–Crippen LogP) is 4.72. The summed E-state index contributed by atoms with van der Waals surface area (Å²) in [5.41, 5.74) is 2.23. The maximum absolute atomic E-state index is 13.3. The zero-order valence-electron chi connectivity index (χ0n) is 11.2. The summed E-state index contributed by atoms with van der Waals surface area (Å²) in [7, 11) is 1.94. The third kappa shape index (κ3) is 4.14. The van der Waals surface area contributed by atoms with E-state index in [-0.39, 0.29) is 11.9 Å². The smallest absolute Gasteiger partial charge is 0.123 e. The van der Waals surface area contributed by atoms with E-state index < -0.39 is 0 Å². The first kappa shape index (κ1) is 15.7. The molecule has 2 aromatic rings. The summed E-state index contributed by atoms with van der Waals surface area (Å²) < 4.78 is 15.4. The van der Waals surface area contributed by atoms with E-state index >= 15 is 0 Å². The standard InChI is InChI=1S/C16H16Br2FN/c1-20-14(9-11-4-2-3-5-15(11)17)10-12-8-13(19)6-7-16(12)18/h2-8,14,20H,9-10H2,1H3. The van der Waals surface area contributed by atoms with Gasteiger partial charge in [0.2, 0.25) is 0 Å². The third-order valence-electron chi connectivity index (χ3n) is 3.31. The molecule has 0 heterocycles. The zero-order chi connectivity index (χ0) is 14.5. The van der Waals surface area contributed by atoms with E-state index in [4.69, 9.17) is 0 Å². The van der Waals surface area contributed by atoms with Gasteiger partial charge in [0.15, 0.2) is 0 Å². The normalized spacial score (nSPS) is 12.4. The molecule has 2 rings (SSSR count). The predicted molar refractivity (Wildman–Crippen MR) is 88.5 cm³/mol. The number of halogens is 3. The van der Waals surface area contributed by atoms with Crippen LogP contribution in [-0.2, 0) is 12.8 Å². The van der Waals surface area contributed by atoms with Crippen LogP contribution in [0.25, 0.3) is 0 Å². The van der Waals surface area contributed by atoms with E-state index in [1.165, 1.54) is 11.6 Å². The maximum Gasteiger partial charge on any atom is 0.123 e. The molecule has 0 amide bonds. The Bertz CT molecular complexity index is 586. The molecule has 1 unspecified atom stereocenters. The minimum Gasteiger partial charge on any atom is -0.316 e. The topological polar surface area (TPSA) is 12.0 Å². The van der Waals surface area contributed by atoms with Crippen molar-refractivity contribution in [2.24, 2.45) is 0 Å². The average Bonchev–Trinajstić information content (AvgIpc) is 2.44. The molecule has 0 bridgehead atoms. The molecule has 1 nitrogen and oxygen atoms in total. The first-order valence-electron chi connectivity index (χ1n) is 6.44. The highest BCUT2D eigenvalue weighted by atomic mass is 79.9. The second kappa shape index (κ2) is 7.34. The summed E-state index contributed by atoms with van der Waals surface area (Å²) >= 11 is 7.05. The molecular weight excluding hydrogens is 385 g/mol. The van der Waals surface area contributed by atoms with Gasteiger partial charge in [-0.2, -0.15) is 0 Å². The molecule has 106 valence electrons. The number of hydrogen-bond donors (Lipinski definition) is 1. The lowest BCUT2D eigenvalue weighted by Crippen LogP contribution is -2.30. The highest BCUT2D eigenvalue weighted by Gasteiger charge is 2.12. The summed E-state index contributed by atoms with van der Waals surface area (Å²) in [5.74, 6) is -0.195. The van der Waals surface area contributed by atoms with Gasteiger partial charge in [0.1, 0.15) is 5.82 Å². The minimum absolute atomic E-state index is 0.195. The molecule has 0 fully saturated rings. The SMILES string of the molecule is CNC(Cc1ccccc1Br)Cc1cc(F)ccc1Br. The first-order chi connectivity index (χ1) is 9.60. The summed E-state index contributed by atoms with van der Waals surface area (Å²) in [6.45, 7) is 0. The van der Waals surface area contributed by atoms with Crippen molar-refractivity contribution >= 4 is 31.9 Å². The lowest BCUT2D eigenvalue weighted by atomic mass is 9.99. The fourth-order valence-corrected chi connectivity index (χ4v) is 3.03. The van der Waals surface area contributed by atoms with Crippen LogP contribution in [0.3, 0.4) is 0 Å². The lowest BCUT2D eigenvalue weighted by Gasteiger charge is -2.18. The summed E-state index contributed by atoms with van der Waals surface area (Å²) in [6, 6.07) is 13.3. The molecule has 1 N–H and O–H groups in total. The zero-order valence-corrected chi connectivity index (χ0v) is 14.3. The molecule has 0 radical (unpaired) electrons. The van der Waals surface area contributed by atoms with Gasteiger partial charge in [-0.1, -0.05) is 50.1 Å². The lowest BCUT2D eigenvalue weighted by molar-refractivity contribution is 0.551. The molecule has 20 heavy (non-hydrogen) atoms. The van der Waals surface area contributed by atoms with Gasteiger partial charge in [0.05, 0.1) is 0 Å². The first-order valence-corrected chi connectivity index (χ1v) is 8.03. The van der Waals surface area contributed by atoms with Gasteiger partial charge < -0.3 is 5.32 Å². The Kier molecular flexibility index (Phi) is 5.75. The molecule has 0 aliphatic carbocycles. The maximum atomic E-state index is 13.3.